The van der Waals surface area contributed by atoms with Crippen LogP contribution in [0.2, 0.25) is 0 Å². The molecule has 25 heavy (non-hydrogen) atoms. The van der Waals surface area contributed by atoms with Crippen molar-refractivity contribution in [3.05, 3.63) is 22.5 Å². The van der Waals surface area contributed by atoms with E-state index < -0.39 is 5.97 Å². The molecular formula is C18H29N3O4. The number of ether oxygens (including phenoxy) is 1. The fourth-order valence-electron chi connectivity index (χ4n) is 2.73. The molecule has 140 valence electrons. The maximum absolute atomic E-state index is 12.8. The molecule has 7 heteroatoms. The number of aryl methyl sites for hydroxylation is 1. The fourth-order valence-corrected chi connectivity index (χ4v) is 2.73. The predicted molar refractivity (Wildman–Crippen MR) is 96.0 cm³/mol. The van der Waals surface area contributed by atoms with Crippen LogP contribution in [0, 0.1) is 19.8 Å². The molecule has 2 amide bonds. The number of hydrogen-bond donors (Lipinski definition) is 2. The van der Waals surface area contributed by atoms with Crippen molar-refractivity contribution >= 4 is 17.8 Å². The normalized spacial score (nSPS) is 10.9. The Labute approximate surface area is 149 Å². The first-order valence-electron chi connectivity index (χ1n) is 8.44. The van der Waals surface area contributed by atoms with Crippen molar-refractivity contribution in [3.8, 4) is 0 Å². The molecule has 0 bridgehead atoms. The number of carbonyl (C=O) groups is 3. The molecule has 1 heterocycles. The second-order valence-electron chi connectivity index (χ2n) is 6.92. The van der Waals surface area contributed by atoms with Crippen molar-refractivity contribution in [1.29, 1.82) is 0 Å². The lowest BCUT2D eigenvalue weighted by atomic mass is 10.0. The molecule has 0 saturated carbocycles. The first-order chi connectivity index (χ1) is 11.6. The van der Waals surface area contributed by atoms with E-state index in [1.54, 1.807) is 13.8 Å². The monoisotopic (exact) mass is 351 g/mol. The zero-order chi connectivity index (χ0) is 19.3. The van der Waals surface area contributed by atoms with Crippen LogP contribution in [0.3, 0.4) is 0 Å². The number of H-pyrrole nitrogens is 1. The maximum Gasteiger partial charge on any atom is 0.354 e. The summed E-state index contributed by atoms with van der Waals surface area (Å²) in [7, 11) is 1.29. The molecule has 0 aliphatic carbocycles. The van der Waals surface area contributed by atoms with Gasteiger partial charge in [-0.3, -0.25) is 4.79 Å². The molecule has 1 rings (SSSR count). The molecule has 1 aromatic rings. The number of aromatic nitrogens is 1. The lowest BCUT2D eigenvalue weighted by Gasteiger charge is -2.25. The summed E-state index contributed by atoms with van der Waals surface area (Å²) < 4.78 is 4.72. The Hall–Kier alpha value is -2.31. The molecule has 0 aliphatic rings. The minimum absolute atomic E-state index is 0.0149. The predicted octanol–water partition coefficient (Wildman–Crippen LogP) is 2.68. The van der Waals surface area contributed by atoms with Gasteiger partial charge in [-0.2, -0.15) is 0 Å². The average molecular weight is 351 g/mol. The third-order valence-electron chi connectivity index (χ3n) is 3.73. The molecule has 0 fully saturated rings. The quantitative estimate of drug-likeness (QED) is 0.583. The number of rotatable bonds is 7. The topological polar surface area (TPSA) is 91.5 Å². The zero-order valence-corrected chi connectivity index (χ0v) is 16.1. The molecule has 2 N–H and O–H groups in total. The number of ketones is 1. The minimum Gasteiger partial charge on any atom is -0.464 e. The van der Waals surface area contributed by atoms with Crippen molar-refractivity contribution in [2.45, 2.75) is 47.6 Å². The Bertz CT molecular complexity index is 647. The highest BCUT2D eigenvalue weighted by Crippen LogP contribution is 2.20. The zero-order valence-electron chi connectivity index (χ0n) is 16.1. The van der Waals surface area contributed by atoms with Crippen LogP contribution < -0.4 is 5.32 Å². The van der Waals surface area contributed by atoms with E-state index >= 15 is 0 Å². The van der Waals surface area contributed by atoms with Gasteiger partial charge in [0.25, 0.3) is 0 Å². The summed E-state index contributed by atoms with van der Waals surface area (Å²) in [6.07, 6.45) is 0. The second kappa shape index (κ2) is 8.69. The van der Waals surface area contributed by atoms with Gasteiger partial charge in [0.2, 0.25) is 0 Å². The largest absolute Gasteiger partial charge is 0.464 e. The maximum atomic E-state index is 12.8. The van der Waals surface area contributed by atoms with E-state index in [-0.39, 0.29) is 36.0 Å². The van der Waals surface area contributed by atoms with Crippen LogP contribution in [0.25, 0.3) is 0 Å². The first-order valence-corrected chi connectivity index (χ1v) is 8.44. The van der Waals surface area contributed by atoms with E-state index in [1.165, 1.54) is 12.0 Å². The van der Waals surface area contributed by atoms with Gasteiger partial charge in [0.1, 0.15) is 5.69 Å². The van der Waals surface area contributed by atoms with Gasteiger partial charge < -0.3 is 19.9 Å². The van der Waals surface area contributed by atoms with Crippen molar-refractivity contribution in [1.82, 2.24) is 15.2 Å². The molecule has 0 aliphatic heterocycles. The van der Waals surface area contributed by atoms with Crippen LogP contribution in [0.4, 0.5) is 4.79 Å². The number of esters is 1. The Morgan fingerprint density at radius 3 is 2.24 bits per heavy atom. The number of Topliss-reactive ketones (excluding diaryl/α,β-unsaturated/α-hetero) is 1. The standard InChI is InChI=1S/C18H29N3O4/c1-10(2)8-21(18(24)19-11(3)4)9-14(22)15-12(5)16(17(23)25-7)20-13(15)6/h10-11,20H,8-9H2,1-7H3,(H,19,24). The smallest absolute Gasteiger partial charge is 0.354 e. The van der Waals surface area contributed by atoms with Crippen LogP contribution in [-0.4, -0.2) is 53.9 Å². The molecule has 0 aromatic carbocycles. The number of methoxy groups -OCH3 is 1. The van der Waals surface area contributed by atoms with Gasteiger partial charge in [-0.15, -0.1) is 0 Å². The molecule has 0 saturated heterocycles. The highest BCUT2D eigenvalue weighted by Gasteiger charge is 2.25. The third kappa shape index (κ3) is 5.34. The van der Waals surface area contributed by atoms with E-state index in [2.05, 4.69) is 10.3 Å². The number of amides is 2. The lowest BCUT2D eigenvalue weighted by Crippen LogP contribution is -2.46. The number of hydrogen-bond acceptors (Lipinski definition) is 4. The first kappa shape index (κ1) is 20.7. The van der Waals surface area contributed by atoms with Gasteiger partial charge in [-0.25, -0.2) is 9.59 Å². The molecule has 0 radical (unpaired) electrons. The number of carbonyl (C=O) groups excluding carboxylic acids is 3. The van der Waals surface area contributed by atoms with E-state index in [0.717, 1.165) is 0 Å². The fraction of sp³-hybridized carbons (Fsp3) is 0.611. The van der Waals surface area contributed by atoms with E-state index in [9.17, 15) is 14.4 Å². The summed E-state index contributed by atoms with van der Waals surface area (Å²) in [5, 5.41) is 2.82. The van der Waals surface area contributed by atoms with Crippen LogP contribution in [0.1, 0.15) is 59.8 Å². The molecule has 0 atom stereocenters. The molecular weight excluding hydrogens is 322 g/mol. The molecule has 0 spiro atoms. The second-order valence-corrected chi connectivity index (χ2v) is 6.92. The van der Waals surface area contributed by atoms with Crippen LogP contribution in [0.15, 0.2) is 0 Å². The van der Waals surface area contributed by atoms with E-state index in [0.29, 0.717) is 23.4 Å². The molecule has 0 unspecified atom stereocenters. The van der Waals surface area contributed by atoms with E-state index in [4.69, 9.17) is 4.74 Å². The number of nitrogens with zero attached hydrogens (tertiary/aromatic N) is 1. The minimum atomic E-state index is -0.517. The van der Waals surface area contributed by atoms with Crippen LogP contribution >= 0.6 is 0 Å². The summed E-state index contributed by atoms with van der Waals surface area (Å²) in [5.41, 5.74) is 1.84. The highest BCUT2D eigenvalue weighted by atomic mass is 16.5. The summed E-state index contributed by atoms with van der Waals surface area (Å²) in [4.78, 5) is 41.4. The molecule has 7 nitrogen and oxygen atoms in total. The van der Waals surface area contributed by atoms with E-state index in [1.807, 2.05) is 27.7 Å². The summed E-state index contributed by atoms with van der Waals surface area (Å²) in [6, 6.07) is -0.282. The Kier molecular flexibility index (Phi) is 7.21. The molecule has 1 aromatic heterocycles. The Balaban J connectivity index is 3.06. The SMILES string of the molecule is COC(=O)c1[nH]c(C)c(C(=O)CN(CC(C)C)C(=O)NC(C)C)c1C. The van der Waals surface area contributed by atoms with Gasteiger partial charge in [0.05, 0.1) is 13.7 Å². The third-order valence-corrected chi connectivity index (χ3v) is 3.73. The highest BCUT2D eigenvalue weighted by molar-refractivity contribution is 6.04. The van der Waals surface area contributed by atoms with Crippen molar-refractivity contribution in [2.24, 2.45) is 5.92 Å². The van der Waals surface area contributed by atoms with Gasteiger partial charge in [-0.05, 0) is 39.2 Å². The number of aromatic amines is 1. The summed E-state index contributed by atoms with van der Waals surface area (Å²) >= 11 is 0. The summed E-state index contributed by atoms with van der Waals surface area (Å²) in [5.74, 6) is -0.498. The van der Waals surface area contributed by atoms with Gasteiger partial charge in [0.15, 0.2) is 5.78 Å². The van der Waals surface area contributed by atoms with Crippen LogP contribution in [0.5, 0.6) is 0 Å². The van der Waals surface area contributed by atoms with Gasteiger partial charge in [-0.1, -0.05) is 13.8 Å². The van der Waals surface area contributed by atoms with Gasteiger partial charge in [0, 0.05) is 23.8 Å². The van der Waals surface area contributed by atoms with Crippen LogP contribution in [-0.2, 0) is 4.74 Å². The Morgan fingerprint density at radius 1 is 1.16 bits per heavy atom. The van der Waals surface area contributed by atoms with Crippen molar-refractivity contribution < 1.29 is 19.1 Å². The van der Waals surface area contributed by atoms with Crippen molar-refractivity contribution in [2.75, 3.05) is 20.2 Å². The average Bonchev–Trinajstić information content (AvgIpc) is 2.79. The van der Waals surface area contributed by atoms with Crippen molar-refractivity contribution in [3.63, 3.8) is 0 Å². The number of nitrogens with one attached hydrogen (secondary N) is 2. The number of urea groups is 1. The lowest BCUT2D eigenvalue weighted by molar-refractivity contribution is 0.0593. The Morgan fingerprint density at radius 2 is 1.76 bits per heavy atom. The van der Waals surface area contributed by atoms with Gasteiger partial charge >= 0.3 is 12.0 Å². The summed E-state index contributed by atoms with van der Waals surface area (Å²) in [6.45, 7) is 11.6.